The highest BCUT2D eigenvalue weighted by Gasteiger charge is 2.09. The largest absolute Gasteiger partial charge is 0.457 e. The van der Waals surface area contributed by atoms with Gasteiger partial charge in [-0.25, -0.2) is 9.59 Å². The SMILES string of the molecule is N#Cc1ccc(C(=O)OCc2ccc(COC(=O)c3ccc(C#N)cc3)cc2)cc1. The van der Waals surface area contributed by atoms with Crippen LogP contribution in [0.25, 0.3) is 0 Å². The van der Waals surface area contributed by atoms with Gasteiger partial charge in [0.1, 0.15) is 13.2 Å². The summed E-state index contributed by atoms with van der Waals surface area (Å²) < 4.78 is 10.5. The van der Waals surface area contributed by atoms with Crippen LogP contribution >= 0.6 is 0 Å². The Bertz CT molecular complexity index is 1030. The zero-order valence-electron chi connectivity index (χ0n) is 15.9. The lowest BCUT2D eigenvalue weighted by Gasteiger charge is -2.08. The van der Waals surface area contributed by atoms with Crippen molar-refractivity contribution >= 4 is 11.9 Å². The molecule has 0 saturated carbocycles. The van der Waals surface area contributed by atoms with Gasteiger partial charge >= 0.3 is 11.9 Å². The van der Waals surface area contributed by atoms with E-state index in [0.717, 1.165) is 11.1 Å². The van der Waals surface area contributed by atoms with E-state index in [1.54, 1.807) is 72.8 Å². The number of carbonyl (C=O) groups excluding carboxylic acids is 2. The highest BCUT2D eigenvalue weighted by Crippen LogP contribution is 2.12. The molecule has 0 aromatic heterocycles. The van der Waals surface area contributed by atoms with Gasteiger partial charge in [0.2, 0.25) is 0 Å². The van der Waals surface area contributed by atoms with Crippen molar-refractivity contribution in [3.63, 3.8) is 0 Å². The molecule has 0 aliphatic rings. The van der Waals surface area contributed by atoms with Crippen molar-refractivity contribution in [1.29, 1.82) is 10.5 Å². The lowest BCUT2D eigenvalue weighted by molar-refractivity contribution is 0.0460. The molecule has 0 amide bonds. The Morgan fingerprint density at radius 1 is 0.600 bits per heavy atom. The minimum atomic E-state index is -0.472. The molecule has 0 spiro atoms. The summed E-state index contributed by atoms with van der Waals surface area (Å²) in [6, 6.07) is 23.6. The standard InChI is InChI=1S/C24H16N2O4/c25-13-17-5-9-21(10-6-17)23(27)29-15-19-1-2-20(4-3-19)16-30-24(28)22-11-7-18(14-26)8-12-22/h1-12H,15-16H2. The predicted octanol–water partition coefficient (Wildman–Crippen LogP) is 4.14. The minimum absolute atomic E-state index is 0.101. The highest BCUT2D eigenvalue weighted by atomic mass is 16.5. The number of ether oxygens (including phenoxy) is 2. The molecule has 30 heavy (non-hydrogen) atoms. The fourth-order valence-electron chi connectivity index (χ4n) is 2.56. The lowest BCUT2D eigenvalue weighted by Crippen LogP contribution is -2.06. The molecule has 0 fully saturated rings. The summed E-state index contributed by atoms with van der Waals surface area (Å²) in [5.74, 6) is -0.945. The molecular formula is C24H16N2O4. The van der Waals surface area contributed by atoms with Gasteiger partial charge in [0.25, 0.3) is 0 Å². The van der Waals surface area contributed by atoms with Crippen LogP contribution in [0, 0.1) is 22.7 Å². The van der Waals surface area contributed by atoms with Crippen LogP contribution in [-0.2, 0) is 22.7 Å². The predicted molar refractivity (Wildman–Crippen MR) is 107 cm³/mol. The second kappa shape index (κ2) is 9.68. The maximum Gasteiger partial charge on any atom is 0.338 e. The van der Waals surface area contributed by atoms with E-state index in [1.807, 2.05) is 12.1 Å². The Morgan fingerprint density at radius 2 is 0.933 bits per heavy atom. The van der Waals surface area contributed by atoms with E-state index in [0.29, 0.717) is 22.3 Å². The highest BCUT2D eigenvalue weighted by molar-refractivity contribution is 5.90. The van der Waals surface area contributed by atoms with E-state index >= 15 is 0 Å². The normalized spacial score (nSPS) is 9.80. The van der Waals surface area contributed by atoms with E-state index < -0.39 is 11.9 Å². The van der Waals surface area contributed by atoms with Gasteiger partial charge in [-0.2, -0.15) is 10.5 Å². The lowest BCUT2D eigenvalue weighted by atomic mass is 10.1. The summed E-state index contributed by atoms with van der Waals surface area (Å²) in [7, 11) is 0. The zero-order chi connectivity index (χ0) is 21.3. The molecule has 3 aromatic carbocycles. The topological polar surface area (TPSA) is 100 Å². The van der Waals surface area contributed by atoms with Crippen molar-refractivity contribution in [2.75, 3.05) is 0 Å². The fraction of sp³-hybridized carbons (Fsp3) is 0.0833. The molecule has 0 radical (unpaired) electrons. The molecule has 0 bridgehead atoms. The number of nitriles is 2. The van der Waals surface area contributed by atoms with Crippen LogP contribution in [-0.4, -0.2) is 11.9 Å². The number of esters is 2. The van der Waals surface area contributed by atoms with Crippen molar-refractivity contribution in [3.8, 4) is 12.1 Å². The Morgan fingerprint density at radius 3 is 1.23 bits per heavy atom. The first-order valence-corrected chi connectivity index (χ1v) is 9.01. The number of carbonyl (C=O) groups is 2. The van der Waals surface area contributed by atoms with Crippen LogP contribution in [0.1, 0.15) is 43.0 Å². The molecule has 0 aliphatic heterocycles. The summed E-state index contributed by atoms with van der Waals surface area (Å²) in [6.45, 7) is 0.203. The van der Waals surface area contributed by atoms with Crippen LogP contribution < -0.4 is 0 Å². The van der Waals surface area contributed by atoms with E-state index in [2.05, 4.69) is 0 Å². The van der Waals surface area contributed by atoms with Gasteiger partial charge in [-0.3, -0.25) is 0 Å². The fourth-order valence-corrected chi connectivity index (χ4v) is 2.56. The van der Waals surface area contributed by atoms with Gasteiger partial charge in [0, 0.05) is 0 Å². The monoisotopic (exact) mass is 396 g/mol. The van der Waals surface area contributed by atoms with Crippen molar-refractivity contribution in [2.45, 2.75) is 13.2 Å². The quantitative estimate of drug-likeness (QED) is 0.581. The summed E-state index contributed by atoms with van der Waals surface area (Å²) in [6.07, 6.45) is 0. The minimum Gasteiger partial charge on any atom is -0.457 e. The maximum atomic E-state index is 12.1. The molecule has 0 atom stereocenters. The van der Waals surface area contributed by atoms with Crippen LogP contribution in [0.2, 0.25) is 0 Å². The van der Waals surface area contributed by atoms with Crippen LogP contribution in [0.15, 0.2) is 72.8 Å². The molecule has 6 heteroatoms. The summed E-state index contributed by atoms with van der Waals surface area (Å²) in [4.78, 5) is 24.1. The first-order valence-electron chi connectivity index (χ1n) is 9.01. The molecule has 6 nitrogen and oxygen atoms in total. The number of hydrogen-bond acceptors (Lipinski definition) is 6. The molecule has 0 heterocycles. The first kappa shape index (κ1) is 20.3. The van der Waals surface area contributed by atoms with Gasteiger partial charge in [0.05, 0.1) is 34.4 Å². The Labute approximate surface area is 173 Å². The van der Waals surface area contributed by atoms with Crippen molar-refractivity contribution in [2.24, 2.45) is 0 Å². The maximum absolute atomic E-state index is 12.1. The Kier molecular flexibility index (Phi) is 6.55. The molecule has 146 valence electrons. The summed E-state index contributed by atoms with van der Waals surface area (Å²) >= 11 is 0. The number of nitrogens with zero attached hydrogens (tertiary/aromatic N) is 2. The van der Waals surface area contributed by atoms with Crippen molar-refractivity contribution in [1.82, 2.24) is 0 Å². The second-order valence-electron chi connectivity index (χ2n) is 6.35. The number of benzene rings is 3. The zero-order valence-corrected chi connectivity index (χ0v) is 15.9. The Hall–Kier alpha value is -4.42. The van der Waals surface area contributed by atoms with E-state index in [4.69, 9.17) is 20.0 Å². The average Bonchev–Trinajstić information content (AvgIpc) is 2.81. The average molecular weight is 396 g/mol. The molecule has 0 unspecified atom stereocenters. The number of hydrogen-bond donors (Lipinski definition) is 0. The van der Waals surface area contributed by atoms with E-state index in [9.17, 15) is 9.59 Å². The molecule has 3 aromatic rings. The van der Waals surface area contributed by atoms with Gasteiger partial charge < -0.3 is 9.47 Å². The van der Waals surface area contributed by atoms with Gasteiger partial charge in [0.15, 0.2) is 0 Å². The van der Waals surface area contributed by atoms with Crippen LogP contribution in [0.3, 0.4) is 0 Å². The third-order valence-corrected chi connectivity index (χ3v) is 4.26. The molecule has 0 saturated heterocycles. The third-order valence-electron chi connectivity index (χ3n) is 4.26. The van der Waals surface area contributed by atoms with Gasteiger partial charge in [-0.05, 0) is 59.7 Å². The van der Waals surface area contributed by atoms with E-state index in [-0.39, 0.29) is 13.2 Å². The molecule has 0 aliphatic carbocycles. The number of rotatable bonds is 6. The Balaban J connectivity index is 1.49. The van der Waals surface area contributed by atoms with Gasteiger partial charge in [-0.1, -0.05) is 24.3 Å². The van der Waals surface area contributed by atoms with E-state index in [1.165, 1.54) is 0 Å². The van der Waals surface area contributed by atoms with Crippen molar-refractivity contribution in [3.05, 3.63) is 106 Å². The van der Waals surface area contributed by atoms with Crippen molar-refractivity contribution < 1.29 is 19.1 Å². The second-order valence-corrected chi connectivity index (χ2v) is 6.35. The van der Waals surface area contributed by atoms with Gasteiger partial charge in [-0.15, -0.1) is 0 Å². The molecular weight excluding hydrogens is 380 g/mol. The molecule has 3 rings (SSSR count). The van der Waals surface area contributed by atoms with Crippen LogP contribution in [0.4, 0.5) is 0 Å². The summed E-state index contributed by atoms with van der Waals surface area (Å²) in [5, 5.41) is 17.6. The third kappa shape index (κ3) is 5.31. The first-order chi connectivity index (χ1) is 14.6. The molecule has 0 N–H and O–H groups in total. The van der Waals surface area contributed by atoms with Crippen LogP contribution in [0.5, 0.6) is 0 Å². The summed E-state index contributed by atoms with van der Waals surface area (Å²) in [5.41, 5.74) is 3.28. The smallest absolute Gasteiger partial charge is 0.338 e.